The molecule has 5 nitrogen and oxygen atoms in total. The van der Waals surface area contributed by atoms with Gasteiger partial charge in [0, 0.05) is 63.4 Å². The van der Waals surface area contributed by atoms with E-state index in [1.54, 1.807) is 7.11 Å². The van der Waals surface area contributed by atoms with Crippen molar-refractivity contribution in [1.82, 2.24) is 14.4 Å². The molecule has 0 radical (unpaired) electrons. The summed E-state index contributed by atoms with van der Waals surface area (Å²) in [6.07, 6.45) is 0.890. The molecule has 0 amide bonds. The highest BCUT2D eigenvalue weighted by atomic mass is 19.1. The zero-order valence-electron chi connectivity index (χ0n) is 21.6. The van der Waals surface area contributed by atoms with Crippen LogP contribution in [0.2, 0.25) is 0 Å². The van der Waals surface area contributed by atoms with Crippen LogP contribution in [0.25, 0.3) is 10.9 Å². The predicted octanol–water partition coefficient (Wildman–Crippen LogP) is 5.07. The van der Waals surface area contributed by atoms with Crippen LogP contribution >= 0.6 is 0 Å². The van der Waals surface area contributed by atoms with E-state index in [0.717, 1.165) is 32.1 Å². The molecule has 198 valence electrons. The van der Waals surface area contributed by atoms with Crippen LogP contribution in [-0.4, -0.2) is 53.3 Å². The molecule has 1 fully saturated rings. The van der Waals surface area contributed by atoms with Gasteiger partial charge in [-0.1, -0.05) is 60.7 Å². The second kappa shape index (κ2) is 12.0. The van der Waals surface area contributed by atoms with E-state index < -0.39 is 11.6 Å². The first-order chi connectivity index (χ1) is 18.5. The van der Waals surface area contributed by atoms with E-state index >= 15 is 0 Å². The minimum absolute atomic E-state index is 0.0182. The SMILES string of the molecule is CO[C@@H]1CN(CCn2c(=O)ccc3c(F)cc(F)cc32)CC[C@@H]1N(Cc1ccccc1)Cc1ccccc1. The highest BCUT2D eigenvalue weighted by Gasteiger charge is 2.33. The fraction of sp³-hybridized carbons (Fsp3) is 0.323. The second-order valence-electron chi connectivity index (χ2n) is 9.95. The quantitative estimate of drug-likeness (QED) is 0.311. The van der Waals surface area contributed by atoms with E-state index in [-0.39, 0.29) is 28.6 Å². The number of halogens is 2. The molecule has 0 unspecified atom stereocenters. The highest BCUT2D eigenvalue weighted by molar-refractivity contribution is 5.79. The van der Waals surface area contributed by atoms with E-state index in [4.69, 9.17) is 4.74 Å². The fourth-order valence-electron chi connectivity index (χ4n) is 5.54. The van der Waals surface area contributed by atoms with Gasteiger partial charge in [-0.05, 0) is 36.2 Å². The molecule has 7 heteroatoms. The third-order valence-corrected chi connectivity index (χ3v) is 7.50. The summed E-state index contributed by atoms with van der Waals surface area (Å²) in [4.78, 5) is 17.4. The molecule has 4 aromatic rings. The molecule has 0 aliphatic carbocycles. The monoisotopic (exact) mass is 517 g/mol. The highest BCUT2D eigenvalue weighted by Crippen LogP contribution is 2.24. The summed E-state index contributed by atoms with van der Waals surface area (Å²) in [5.74, 6) is -1.35. The van der Waals surface area contributed by atoms with E-state index in [0.29, 0.717) is 19.6 Å². The summed E-state index contributed by atoms with van der Waals surface area (Å²) < 4.78 is 35.7. The van der Waals surface area contributed by atoms with Crippen molar-refractivity contribution in [3.63, 3.8) is 0 Å². The van der Waals surface area contributed by atoms with Crippen LogP contribution in [0.1, 0.15) is 17.5 Å². The Morgan fingerprint density at radius 2 is 1.55 bits per heavy atom. The predicted molar refractivity (Wildman–Crippen MR) is 146 cm³/mol. The number of methoxy groups -OCH3 is 1. The molecular formula is C31H33F2N3O2. The van der Waals surface area contributed by atoms with Gasteiger partial charge in [0.05, 0.1) is 11.6 Å². The Morgan fingerprint density at radius 1 is 0.895 bits per heavy atom. The minimum atomic E-state index is -0.688. The molecule has 5 rings (SSSR count). The minimum Gasteiger partial charge on any atom is -0.378 e. The van der Waals surface area contributed by atoms with Crippen molar-refractivity contribution >= 4 is 10.9 Å². The van der Waals surface area contributed by atoms with Gasteiger partial charge in [-0.3, -0.25) is 14.6 Å². The van der Waals surface area contributed by atoms with Crippen molar-refractivity contribution < 1.29 is 13.5 Å². The Bertz CT molecular complexity index is 1370. The van der Waals surface area contributed by atoms with Gasteiger partial charge in [0.15, 0.2) is 0 Å². The molecule has 0 N–H and O–H groups in total. The van der Waals surface area contributed by atoms with Gasteiger partial charge >= 0.3 is 0 Å². The van der Waals surface area contributed by atoms with Gasteiger partial charge in [0.25, 0.3) is 5.56 Å². The number of fused-ring (bicyclic) bond motifs is 1. The van der Waals surface area contributed by atoms with E-state index in [2.05, 4.69) is 58.3 Å². The average molecular weight is 518 g/mol. The number of nitrogens with zero attached hydrogens (tertiary/aromatic N) is 3. The largest absolute Gasteiger partial charge is 0.378 e. The van der Waals surface area contributed by atoms with Crippen LogP contribution in [0.15, 0.2) is 89.7 Å². The van der Waals surface area contributed by atoms with Crippen molar-refractivity contribution in [2.75, 3.05) is 26.7 Å². The summed E-state index contributed by atoms with van der Waals surface area (Å²) in [6, 6.07) is 26.0. The maximum absolute atomic E-state index is 14.3. The van der Waals surface area contributed by atoms with Crippen LogP contribution < -0.4 is 5.56 Å². The van der Waals surface area contributed by atoms with Crippen LogP contribution in [0.4, 0.5) is 8.78 Å². The molecule has 2 heterocycles. The first-order valence-electron chi connectivity index (χ1n) is 13.1. The van der Waals surface area contributed by atoms with Gasteiger partial charge < -0.3 is 9.30 Å². The number of rotatable bonds is 9. The van der Waals surface area contributed by atoms with E-state index in [9.17, 15) is 13.6 Å². The molecule has 0 spiro atoms. The lowest BCUT2D eigenvalue weighted by atomic mass is 9.98. The standard InChI is InChI=1S/C31H33F2N3O2/c1-38-30-22-34(16-17-36-29-19-25(32)18-27(33)26(29)12-13-31(36)37)15-14-28(30)35(20-23-8-4-2-5-9-23)21-24-10-6-3-7-11-24/h2-13,18-19,28,30H,14-17,20-22H2,1H3/t28-,30+/m0/s1. The van der Waals surface area contributed by atoms with Crippen LogP contribution in [0.3, 0.4) is 0 Å². The lowest BCUT2D eigenvalue weighted by molar-refractivity contribution is -0.0440. The summed E-state index contributed by atoms with van der Waals surface area (Å²) >= 11 is 0. The zero-order valence-corrected chi connectivity index (χ0v) is 21.6. The van der Waals surface area contributed by atoms with Gasteiger partial charge in [-0.25, -0.2) is 8.78 Å². The molecule has 3 aromatic carbocycles. The number of hydrogen-bond donors (Lipinski definition) is 0. The van der Waals surface area contributed by atoms with Crippen LogP contribution in [0, 0.1) is 11.6 Å². The lowest BCUT2D eigenvalue weighted by Gasteiger charge is -2.43. The lowest BCUT2D eigenvalue weighted by Crippen LogP contribution is -2.55. The number of likely N-dealkylation sites (tertiary alicyclic amines) is 1. The first-order valence-corrected chi connectivity index (χ1v) is 13.1. The Hall–Kier alpha value is -3.39. The van der Waals surface area contributed by atoms with E-state index in [1.807, 2.05) is 12.1 Å². The number of aromatic nitrogens is 1. The second-order valence-corrected chi connectivity index (χ2v) is 9.95. The van der Waals surface area contributed by atoms with Crippen molar-refractivity contribution in [3.05, 3.63) is 118 Å². The number of piperidine rings is 1. The average Bonchev–Trinajstić information content (AvgIpc) is 2.93. The maximum atomic E-state index is 14.3. The molecular weight excluding hydrogens is 484 g/mol. The summed E-state index contributed by atoms with van der Waals surface area (Å²) in [6.45, 7) is 4.13. The molecule has 1 aromatic heterocycles. The molecule has 0 saturated carbocycles. The van der Waals surface area contributed by atoms with Gasteiger partial charge in [0.2, 0.25) is 0 Å². The normalized spacial score (nSPS) is 18.3. The third kappa shape index (κ3) is 6.01. The number of ether oxygens (including phenoxy) is 1. The topological polar surface area (TPSA) is 37.7 Å². The third-order valence-electron chi connectivity index (χ3n) is 7.50. The molecule has 1 saturated heterocycles. The molecule has 0 bridgehead atoms. The molecule has 2 atom stereocenters. The molecule has 1 aliphatic heterocycles. The Balaban J connectivity index is 1.31. The Labute approximate surface area is 221 Å². The first kappa shape index (κ1) is 26.2. The van der Waals surface area contributed by atoms with Crippen molar-refractivity contribution in [3.8, 4) is 0 Å². The van der Waals surface area contributed by atoms with Gasteiger partial charge in [0.1, 0.15) is 11.6 Å². The summed E-state index contributed by atoms with van der Waals surface area (Å²) in [7, 11) is 1.76. The van der Waals surface area contributed by atoms with Crippen LogP contribution in [-0.2, 0) is 24.4 Å². The number of pyridine rings is 1. The van der Waals surface area contributed by atoms with Crippen LogP contribution in [0.5, 0.6) is 0 Å². The van der Waals surface area contributed by atoms with Crippen molar-refractivity contribution in [2.45, 2.75) is 38.2 Å². The van der Waals surface area contributed by atoms with Crippen molar-refractivity contribution in [2.24, 2.45) is 0 Å². The molecule has 38 heavy (non-hydrogen) atoms. The number of benzene rings is 3. The fourth-order valence-corrected chi connectivity index (χ4v) is 5.54. The Morgan fingerprint density at radius 3 is 2.18 bits per heavy atom. The maximum Gasteiger partial charge on any atom is 0.251 e. The zero-order chi connectivity index (χ0) is 26.5. The molecule has 1 aliphatic rings. The van der Waals surface area contributed by atoms with Gasteiger partial charge in [-0.2, -0.15) is 0 Å². The Kier molecular flexibility index (Phi) is 8.27. The smallest absolute Gasteiger partial charge is 0.251 e. The summed E-state index contributed by atoms with van der Waals surface area (Å²) in [5.41, 5.74) is 2.54. The number of hydrogen-bond acceptors (Lipinski definition) is 4. The van der Waals surface area contributed by atoms with E-state index in [1.165, 1.54) is 33.9 Å². The summed E-state index contributed by atoms with van der Waals surface area (Å²) in [5, 5.41) is 0.247. The van der Waals surface area contributed by atoms with Crippen molar-refractivity contribution in [1.29, 1.82) is 0 Å². The van der Waals surface area contributed by atoms with Gasteiger partial charge in [-0.15, -0.1) is 0 Å².